The molecule has 2 rings (SSSR count). The Morgan fingerprint density at radius 3 is 3.00 bits per heavy atom. The second-order valence-electron chi connectivity index (χ2n) is 4.60. The summed E-state index contributed by atoms with van der Waals surface area (Å²) < 4.78 is 13.0. The molecule has 96 valence electrons. The minimum atomic E-state index is -0.447. The summed E-state index contributed by atoms with van der Waals surface area (Å²) in [6.45, 7) is 1.95. The number of Topliss-reactive ketones (excluding diaryl/α,β-unsaturated/α-hetero) is 1. The van der Waals surface area contributed by atoms with Gasteiger partial charge in [0.2, 0.25) is 0 Å². The second-order valence-corrected chi connectivity index (χ2v) is 5.01. The number of anilines is 1. The Morgan fingerprint density at radius 2 is 2.28 bits per heavy atom. The smallest absolute Gasteiger partial charge is 0.163 e. The van der Waals surface area contributed by atoms with Crippen LogP contribution in [0.5, 0.6) is 0 Å². The summed E-state index contributed by atoms with van der Waals surface area (Å²) in [4.78, 5) is 11.9. The third-order valence-electron chi connectivity index (χ3n) is 3.18. The van der Waals surface area contributed by atoms with Gasteiger partial charge in [-0.15, -0.1) is 0 Å². The maximum Gasteiger partial charge on any atom is 0.163 e. The summed E-state index contributed by atoms with van der Waals surface area (Å²) in [5.74, 6) is -0.150. The zero-order valence-corrected chi connectivity index (χ0v) is 10.9. The van der Waals surface area contributed by atoms with Gasteiger partial charge in [-0.1, -0.05) is 18.5 Å². The Labute approximate surface area is 111 Å². The van der Waals surface area contributed by atoms with Gasteiger partial charge in [0.15, 0.2) is 5.78 Å². The summed E-state index contributed by atoms with van der Waals surface area (Å²) in [6.07, 6.45) is 4.50. The van der Waals surface area contributed by atoms with Crippen molar-refractivity contribution in [3.05, 3.63) is 40.8 Å². The topological polar surface area (TPSA) is 29.1 Å². The molecular weight excluding hydrogens is 253 g/mol. The van der Waals surface area contributed by atoms with Gasteiger partial charge in [-0.3, -0.25) is 4.79 Å². The molecule has 18 heavy (non-hydrogen) atoms. The molecule has 0 heterocycles. The number of hydrogen-bond acceptors (Lipinski definition) is 2. The van der Waals surface area contributed by atoms with E-state index >= 15 is 0 Å². The van der Waals surface area contributed by atoms with Crippen molar-refractivity contribution in [3.63, 3.8) is 0 Å². The number of benzene rings is 1. The van der Waals surface area contributed by atoms with Crippen molar-refractivity contribution in [3.8, 4) is 0 Å². The first kappa shape index (κ1) is 13.1. The average Bonchev–Trinajstić information content (AvgIpc) is 2.35. The highest BCUT2D eigenvalue weighted by atomic mass is 35.5. The Bertz CT molecular complexity index is 499. The van der Waals surface area contributed by atoms with E-state index in [1.54, 1.807) is 12.3 Å². The van der Waals surface area contributed by atoms with Crippen molar-refractivity contribution in [2.24, 2.45) is 5.92 Å². The fourth-order valence-electron chi connectivity index (χ4n) is 2.07. The number of carbonyl (C=O) groups excluding carboxylic acids is 1. The van der Waals surface area contributed by atoms with Crippen molar-refractivity contribution in [2.45, 2.75) is 26.2 Å². The molecule has 1 atom stereocenters. The maximum atomic E-state index is 13.0. The molecule has 1 aliphatic carbocycles. The highest BCUT2D eigenvalue weighted by molar-refractivity contribution is 6.31. The van der Waals surface area contributed by atoms with Crippen LogP contribution in [0.15, 0.2) is 30.0 Å². The zero-order valence-electron chi connectivity index (χ0n) is 10.2. The standard InChI is InChI=1S/C14H15ClFNO/c1-9-3-2-4-10(14(9)18)8-17-11-5-6-13(16)12(15)7-11/h5-9,17H,2-4H2,1H3/b10-8-/t9-/m1/s1. The number of allylic oxidation sites excluding steroid dienone is 1. The van der Waals surface area contributed by atoms with E-state index in [0.717, 1.165) is 24.8 Å². The van der Waals surface area contributed by atoms with Crippen molar-refractivity contribution in [1.82, 2.24) is 0 Å². The number of carbonyl (C=O) groups is 1. The lowest BCUT2D eigenvalue weighted by Gasteiger charge is -2.19. The van der Waals surface area contributed by atoms with E-state index in [1.807, 2.05) is 6.92 Å². The van der Waals surface area contributed by atoms with E-state index in [0.29, 0.717) is 5.69 Å². The molecule has 0 aromatic heterocycles. The molecule has 0 spiro atoms. The normalized spacial score (nSPS) is 22.3. The Kier molecular flexibility index (Phi) is 4.02. The highest BCUT2D eigenvalue weighted by Crippen LogP contribution is 2.25. The van der Waals surface area contributed by atoms with Crippen LogP contribution in [-0.2, 0) is 4.79 Å². The van der Waals surface area contributed by atoms with Gasteiger partial charge in [0.1, 0.15) is 5.82 Å². The second kappa shape index (κ2) is 5.53. The summed E-state index contributed by atoms with van der Waals surface area (Å²) in [5.41, 5.74) is 1.48. The maximum absolute atomic E-state index is 13.0. The minimum absolute atomic E-state index is 0.0711. The largest absolute Gasteiger partial charge is 0.361 e. The number of nitrogens with one attached hydrogen (secondary N) is 1. The predicted molar refractivity (Wildman–Crippen MR) is 71.1 cm³/mol. The molecule has 0 radical (unpaired) electrons. The van der Waals surface area contributed by atoms with Gasteiger partial charge < -0.3 is 5.32 Å². The molecule has 2 nitrogen and oxygen atoms in total. The summed E-state index contributed by atoms with van der Waals surface area (Å²) >= 11 is 5.68. The van der Waals surface area contributed by atoms with Crippen molar-refractivity contribution < 1.29 is 9.18 Å². The zero-order chi connectivity index (χ0) is 13.1. The number of hydrogen-bond donors (Lipinski definition) is 1. The number of rotatable bonds is 2. The molecule has 0 unspecified atom stereocenters. The van der Waals surface area contributed by atoms with Crippen molar-refractivity contribution in [2.75, 3.05) is 5.32 Å². The van der Waals surface area contributed by atoms with E-state index in [4.69, 9.17) is 11.6 Å². The fourth-order valence-corrected chi connectivity index (χ4v) is 2.25. The molecule has 1 saturated carbocycles. The van der Waals surface area contributed by atoms with Crippen LogP contribution in [0.25, 0.3) is 0 Å². The molecule has 1 aromatic rings. The van der Waals surface area contributed by atoms with Crippen LogP contribution in [0.2, 0.25) is 5.02 Å². The minimum Gasteiger partial charge on any atom is -0.361 e. The summed E-state index contributed by atoms with van der Waals surface area (Å²) in [5, 5.41) is 3.07. The Morgan fingerprint density at radius 1 is 1.50 bits per heavy atom. The summed E-state index contributed by atoms with van der Waals surface area (Å²) in [6, 6.07) is 4.40. The predicted octanol–water partition coefficient (Wildman–Crippen LogP) is 4.16. The van der Waals surface area contributed by atoms with E-state index in [9.17, 15) is 9.18 Å². The van der Waals surface area contributed by atoms with Crippen LogP contribution in [0.1, 0.15) is 26.2 Å². The van der Waals surface area contributed by atoms with E-state index in [2.05, 4.69) is 5.32 Å². The first-order chi connectivity index (χ1) is 8.58. The van der Waals surface area contributed by atoms with E-state index in [1.165, 1.54) is 12.1 Å². The SMILES string of the molecule is C[C@@H]1CCC/C(=C/Nc2ccc(F)c(Cl)c2)C1=O. The van der Waals surface area contributed by atoms with Crippen LogP contribution in [0.3, 0.4) is 0 Å². The first-order valence-corrected chi connectivity index (χ1v) is 6.40. The van der Waals surface area contributed by atoms with Gasteiger partial charge in [0.05, 0.1) is 5.02 Å². The summed E-state index contributed by atoms with van der Waals surface area (Å²) in [7, 11) is 0. The van der Waals surface area contributed by atoms with Crippen LogP contribution in [-0.4, -0.2) is 5.78 Å². The van der Waals surface area contributed by atoms with Crippen LogP contribution in [0.4, 0.5) is 10.1 Å². The molecule has 1 N–H and O–H groups in total. The molecule has 0 aliphatic heterocycles. The molecular formula is C14H15ClFNO. The van der Waals surface area contributed by atoms with Gasteiger partial charge in [-0.2, -0.15) is 0 Å². The molecule has 0 saturated heterocycles. The van der Waals surface area contributed by atoms with Gasteiger partial charge in [-0.25, -0.2) is 4.39 Å². The molecule has 1 fully saturated rings. The lowest BCUT2D eigenvalue weighted by atomic mass is 9.86. The fraction of sp³-hybridized carbons (Fsp3) is 0.357. The number of ketones is 1. The van der Waals surface area contributed by atoms with Crippen LogP contribution >= 0.6 is 11.6 Å². The lowest BCUT2D eigenvalue weighted by Crippen LogP contribution is -2.19. The third kappa shape index (κ3) is 2.91. The highest BCUT2D eigenvalue weighted by Gasteiger charge is 2.22. The van der Waals surface area contributed by atoms with Gasteiger partial charge >= 0.3 is 0 Å². The van der Waals surface area contributed by atoms with Crippen molar-refractivity contribution in [1.29, 1.82) is 0 Å². The monoisotopic (exact) mass is 267 g/mol. The molecule has 1 aliphatic rings. The average molecular weight is 268 g/mol. The van der Waals surface area contributed by atoms with Gasteiger partial charge in [0, 0.05) is 23.4 Å². The molecule has 0 bridgehead atoms. The van der Waals surface area contributed by atoms with E-state index < -0.39 is 5.82 Å². The Balaban J connectivity index is 2.09. The van der Waals surface area contributed by atoms with Gasteiger partial charge in [0.25, 0.3) is 0 Å². The van der Waals surface area contributed by atoms with Crippen LogP contribution < -0.4 is 5.32 Å². The quantitative estimate of drug-likeness (QED) is 0.815. The van der Waals surface area contributed by atoms with Crippen molar-refractivity contribution >= 4 is 23.1 Å². The molecule has 0 amide bonds. The van der Waals surface area contributed by atoms with E-state index in [-0.39, 0.29) is 16.7 Å². The van der Waals surface area contributed by atoms with Gasteiger partial charge in [-0.05, 0) is 37.5 Å². The molecule has 4 heteroatoms. The Hall–Kier alpha value is -1.35. The molecule has 1 aromatic carbocycles. The number of halogens is 2. The third-order valence-corrected chi connectivity index (χ3v) is 3.47. The lowest BCUT2D eigenvalue weighted by molar-refractivity contribution is -0.119. The van der Waals surface area contributed by atoms with Crippen LogP contribution in [0, 0.1) is 11.7 Å². The first-order valence-electron chi connectivity index (χ1n) is 6.03.